The molecule has 0 heterocycles. The summed E-state index contributed by atoms with van der Waals surface area (Å²) in [7, 11) is 0. The first-order chi connectivity index (χ1) is 7.58. The number of hydrogen-bond acceptors (Lipinski definition) is 2. The lowest BCUT2D eigenvalue weighted by Gasteiger charge is -2.28. The van der Waals surface area contributed by atoms with Gasteiger partial charge in [-0.1, -0.05) is 0 Å². The number of hydrogen-bond donors (Lipinski definition) is 2. The molecule has 0 aromatic carbocycles. The van der Waals surface area contributed by atoms with Gasteiger partial charge in [0.2, 0.25) is 0 Å². The fraction of sp³-hybridized carbons (Fsp3) is 0.833. The van der Waals surface area contributed by atoms with Crippen LogP contribution in [0.4, 0.5) is 0 Å². The Bertz CT molecular complexity index is 351. The molecule has 6 atom stereocenters. The Morgan fingerprint density at radius 2 is 1.50 bits per heavy atom. The van der Waals surface area contributed by atoms with E-state index in [0.717, 1.165) is 19.3 Å². The van der Waals surface area contributed by atoms with Crippen molar-refractivity contribution in [1.82, 2.24) is 0 Å². The van der Waals surface area contributed by atoms with Crippen molar-refractivity contribution >= 4 is 11.9 Å². The lowest BCUT2D eigenvalue weighted by Crippen LogP contribution is -2.29. The van der Waals surface area contributed by atoms with Crippen LogP contribution >= 0.6 is 0 Å². The maximum Gasteiger partial charge on any atom is 0.306 e. The number of aliphatic carboxylic acids is 2. The Labute approximate surface area is 93.6 Å². The highest BCUT2D eigenvalue weighted by Gasteiger charge is 2.58. The first-order valence-electron chi connectivity index (χ1n) is 6.03. The van der Waals surface area contributed by atoms with E-state index in [4.69, 9.17) is 10.2 Å². The van der Waals surface area contributed by atoms with Crippen LogP contribution in [0.2, 0.25) is 0 Å². The molecule has 88 valence electrons. The number of rotatable bonds is 2. The predicted molar refractivity (Wildman–Crippen MR) is 54.7 cm³/mol. The molecule has 16 heavy (non-hydrogen) atoms. The maximum absolute atomic E-state index is 11.1. The summed E-state index contributed by atoms with van der Waals surface area (Å²) in [6, 6.07) is 0. The molecule has 3 aliphatic carbocycles. The van der Waals surface area contributed by atoms with Crippen molar-refractivity contribution in [3.05, 3.63) is 0 Å². The summed E-state index contributed by atoms with van der Waals surface area (Å²) in [4.78, 5) is 22.0. The monoisotopic (exact) mass is 224 g/mol. The van der Waals surface area contributed by atoms with Crippen molar-refractivity contribution < 1.29 is 19.8 Å². The predicted octanol–water partition coefficient (Wildman–Crippen LogP) is 1.45. The molecule has 0 radical (unpaired) electrons. The van der Waals surface area contributed by atoms with E-state index in [1.807, 2.05) is 0 Å². The third-order valence-electron chi connectivity index (χ3n) is 5.13. The normalized spacial score (nSPS) is 49.2. The van der Waals surface area contributed by atoms with Crippen LogP contribution in [0.25, 0.3) is 0 Å². The SMILES string of the molecule is O=C(O)[C@@H]1C[C@H]2[C@H](C1)[C@@H]1C[C@@H]2[C@H](C(=O)O)C1. The van der Waals surface area contributed by atoms with Gasteiger partial charge in [0.25, 0.3) is 0 Å². The Balaban J connectivity index is 1.79. The first-order valence-corrected chi connectivity index (χ1v) is 6.03. The molecular formula is C12H16O4. The molecule has 0 amide bonds. The topological polar surface area (TPSA) is 74.6 Å². The van der Waals surface area contributed by atoms with E-state index >= 15 is 0 Å². The van der Waals surface area contributed by atoms with E-state index in [0.29, 0.717) is 24.2 Å². The average molecular weight is 224 g/mol. The van der Waals surface area contributed by atoms with Gasteiger partial charge < -0.3 is 10.2 Å². The van der Waals surface area contributed by atoms with Crippen LogP contribution < -0.4 is 0 Å². The zero-order chi connectivity index (χ0) is 11.4. The minimum atomic E-state index is -0.694. The van der Waals surface area contributed by atoms with E-state index < -0.39 is 11.9 Å². The molecule has 0 unspecified atom stereocenters. The fourth-order valence-electron chi connectivity index (χ4n) is 4.56. The van der Waals surface area contributed by atoms with Crippen LogP contribution in [-0.2, 0) is 9.59 Å². The zero-order valence-corrected chi connectivity index (χ0v) is 9.00. The van der Waals surface area contributed by atoms with Crippen molar-refractivity contribution in [1.29, 1.82) is 0 Å². The third-order valence-corrected chi connectivity index (χ3v) is 5.13. The molecule has 3 fully saturated rings. The highest BCUT2D eigenvalue weighted by atomic mass is 16.4. The van der Waals surface area contributed by atoms with Gasteiger partial charge in [-0.25, -0.2) is 0 Å². The maximum atomic E-state index is 11.1. The molecule has 4 nitrogen and oxygen atoms in total. The van der Waals surface area contributed by atoms with Crippen molar-refractivity contribution in [2.75, 3.05) is 0 Å². The highest BCUT2D eigenvalue weighted by Crippen LogP contribution is 2.62. The van der Waals surface area contributed by atoms with Crippen molar-refractivity contribution in [2.24, 2.45) is 35.5 Å². The standard InChI is InChI=1S/C12H16O4/c13-11(14)6-3-7-5-1-9(8(7)4-6)10(2-5)12(15)16/h5-10H,1-4H2,(H,13,14)(H,15,16)/t5-,6+,7-,8+,9+,10-/m1/s1. The summed E-state index contributed by atoms with van der Waals surface area (Å²) in [5.41, 5.74) is 0. The van der Waals surface area contributed by atoms with Gasteiger partial charge in [-0.15, -0.1) is 0 Å². The summed E-state index contributed by atoms with van der Waals surface area (Å²) >= 11 is 0. The van der Waals surface area contributed by atoms with Gasteiger partial charge in [0.1, 0.15) is 0 Å². The molecule has 0 saturated heterocycles. The number of carboxylic acids is 2. The Morgan fingerprint density at radius 1 is 0.812 bits per heavy atom. The molecule has 2 N–H and O–H groups in total. The molecule has 2 bridgehead atoms. The van der Waals surface area contributed by atoms with Crippen LogP contribution in [0, 0.1) is 35.5 Å². The van der Waals surface area contributed by atoms with E-state index in [-0.39, 0.29) is 17.8 Å². The van der Waals surface area contributed by atoms with Crippen molar-refractivity contribution in [2.45, 2.75) is 25.7 Å². The lowest BCUT2D eigenvalue weighted by molar-refractivity contribution is -0.144. The number of fused-ring (bicyclic) bond motifs is 5. The molecule has 0 aromatic rings. The summed E-state index contributed by atoms with van der Waals surface area (Å²) < 4.78 is 0. The van der Waals surface area contributed by atoms with Crippen LogP contribution in [-0.4, -0.2) is 22.2 Å². The van der Waals surface area contributed by atoms with Gasteiger partial charge in [0.15, 0.2) is 0 Å². The second kappa shape index (κ2) is 3.22. The minimum absolute atomic E-state index is 0.196. The summed E-state index contributed by atoms with van der Waals surface area (Å²) in [6.07, 6.45) is 3.31. The van der Waals surface area contributed by atoms with Gasteiger partial charge in [0, 0.05) is 0 Å². The van der Waals surface area contributed by atoms with Gasteiger partial charge in [-0.05, 0) is 49.4 Å². The largest absolute Gasteiger partial charge is 0.481 e. The summed E-state index contributed by atoms with van der Waals surface area (Å²) in [5, 5.41) is 18.1. The summed E-state index contributed by atoms with van der Waals surface area (Å²) in [5.74, 6) is -0.156. The highest BCUT2D eigenvalue weighted by molar-refractivity contribution is 5.72. The minimum Gasteiger partial charge on any atom is -0.481 e. The summed E-state index contributed by atoms with van der Waals surface area (Å²) in [6.45, 7) is 0. The molecule has 4 heteroatoms. The van der Waals surface area contributed by atoms with Gasteiger partial charge >= 0.3 is 11.9 Å². The van der Waals surface area contributed by atoms with E-state index in [2.05, 4.69) is 0 Å². The van der Waals surface area contributed by atoms with Crippen LogP contribution in [0.5, 0.6) is 0 Å². The molecule has 0 aromatic heterocycles. The molecule has 3 saturated carbocycles. The second-order valence-electron chi connectivity index (χ2n) is 5.67. The van der Waals surface area contributed by atoms with E-state index in [1.165, 1.54) is 0 Å². The average Bonchev–Trinajstić information content (AvgIpc) is 2.87. The lowest BCUT2D eigenvalue weighted by atomic mass is 9.76. The van der Waals surface area contributed by atoms with Crippen LogP contribution in [0.3, 0.4) is 0 Å². The van der Waals surface area contributed by atoms with E-state index in [1.54, 1.807) is 0 Å². The van der Waals surface area contributed by atoms with Gasteiger partial charge in [-0.2, -0.15) is 0 Å². The quantitative estimate of drug-likeness (QED) is 0.744. The molecule has 0 aliphatic heterocycles. The molecule has 3 rings (SSSR count). The van der Waals surface area contributed by atoms with Gasteiger partial charge in [0.05, 0.1) is 11.8 Å². The Hall–Kier alpha value is -1.06. The Kier molecular flexibility index (Phi) is 2.03. The zero-order valence-electron chi connectivity index (χ0n) is 9.00. The fourth-order valence-corrected chi connectivity index (χ4v) is 4.56. The van der Waals surface area contributed by atoms with Crippen molar-refractivity contribution in [3.8, 4) is 0 Å². The van der Waals surface area contributed by atoms with Crippen LogP contribution in [0.1, 0.15) is 25.7 Å². The second-order valence-corrected chi connectivity index (χ2v) is 5.67. The first kappa shape index (κ1) is 10.1. The van der Waals surface area contributed by atoms with Gasteiger partial charge in [-0.3, -0.25) is 9.59 Å². The Morgan fingerprint density at radius 3 is 2.12 bits per heavy atom. The van der Waals surface area contributed by atoms with Crippen LogP contribution in [0.15, 0.2) is 0 Å². The molecule has 3 aliphatic rings. The number of carboxylic acid groups (broad SMARTS) is 2. The van der Waals surface area contributed by atoms with E-state index in [9.17, 15) is 9.59 Å². The molecular weight excluding hydrogens is 208 g/mol. The number of carbonyl (C=O) groups is 2. The van der Waals surface area contributed by atoms with Crippen molar-refractivity contribution in [3.63, 3.8) is 0 Å². The molecule has 0 spiro atoms. The third kappa shape index (κ3) is 1.22. The smallest absolute Gasteiger partial charge is 0.306 e.